The van der Waals surface area contributed by atoms with Crippen molar-refractivity contribution >= 4 is 17.7 Å². The molecule has 6 rings (SSSR count). The number of aryl methyl sites for hydroxylation is 3. The van der Waals surface area contributed by atoms with Crippen LogP contribution in [0.1, 0.15) is 45.7 Å². The zero-order valence-corrected chi connectivity index (χ0v) is 27.1. The lowest BCUT2D eigenvalue weighted by molar-refractivity contribution is -0.125. The van der Waals surface area contributed by atoms with Gasteiger partial charge in [0.05, 0.1) is 24.5 Å². The summed E-state index contributed by atoms with van der Waals surface area (Å²) in [5.74, 6) is -0.241. The molecule has 0 unspecified atom stereocenters. The first-order valence-electron chi connectivity index (χ1n) is 15.9. The molecule has 1 aromatic heterocycles. The maximum atomic E-state index is 14.7. The summed E-state index contributed by atoms with van der Waals surface area (Å²) in [6.07, 6.45) is 0.430. The van der Waals surface area contributed by atoms with Crippen LogP contribution in [-0.2, 0) is 22.6 Å². The number of amides is 3. The Balaban J connectivity index is 1.24. The number of nitrogens with one attached hydrogen (secondary N) is 2. The van der Waals surface area contributed by atoms with Crippen LogP contribution in [0.2, 0.25) is 0 Å². The van der Waals surface area contributed by atoms with Gasteiger partial charge in [-0.3, -0.25) is 14.4 Å². The molecule has 48 heavy (non-hydrogen) atoms. The Morgan fingerprint density at radius 1 is 0.979 bits per heavy atom. The quantitative estimate of drug-likeness (QED) is 0.341. The van der Waals surface area contributed by atoms with Crippen LogP contribution in [0.3, 0.4) is 0 Å². The summed E-state index contributed by atoms with van der Waals surface area (Å²) in [4.78, 5) is 41.3. The largest absolute Gasteiger partial charge is 0.493 e. The molecule has 0 aliphatic carbocycles. The summed E-state index contributed by atoms with van der Waals surface area (Å²) < 4.78 is 34.1. The Hall–Kier alpha value is -5.39. The molecule has 1 saturated heterocycles. The fourth-order valence-corrected chi connectivity index (χ4v) is 6.11. The van der Waals surface area contributed by atoms with Gasteiger partial charge in [-0.1, -0.05) is 6.07 Å². The number of fused-ring (bicyclic) bond motifs is 5. The first kappa shape index (κ1) is 32.5. The van der Waals surface area contributed by atoms with Crippen molar-refractivity contribution in [2.24, 2.45) is 0 Å². The molecular formula is C36H38FN5O6. The van der Waals surface area contributed by atoms with Crippen LogP contribution < -0.4 is 24.8 Å². The molecule has 2 aliphatic heterocycles. The number of carbonyl (C=O) groups excluding carboxylic acids is 3. The second-order valence-electron chi connectivity index (χ2n) is 12.1. The van der Waals surface area contributed by atoms with Crippen LogP contribution in [0, 0.1) is 19.7 Å². The second kappa shape index (κ2) is 14.2. The molecule has 1 fully saturated rings. The third kappa shape index (κ3) is 7.59. The maximum absolute atomic E-state index is 14.7. The molecule has 4 bridgehead atoms. The van der Waals surface area contributed by atoms with Crippen LogP contribution in [0.15, 0.2) is 66.7 Å². The number of rotatable bonds is 3. The number of ether oxygens (including phenoxy) is 3. The van der Waals surface area contributed by atoms with E-state index in [1.807, 2.05) is 42.8 Å². The van der Waals surface area contributed by atoms with Gasteiger partial charge in [0.15, 0.2) is 18.1 Å². The smallest absolute Gasteiger partial charge is 0.258 e. The maximum Gasteiger partial charge on any atom is 0.258 e. The van der Waals surface area contributed by atoms with Gasteiger partial charge >= 0.3 is 0 Å². The van der Waals surface area contributed by atoms with E-state index in [9.17, 15) is 18.8 Å². The molecule has 2 aliphatic rings. The number of aromatic nitrogens is 2. The van der Waals surface area contributed by atoms with E-state index < -0.39 is 23.9 Å². The molecular weight excluding hydrogens is 617 g/mol. The number of nitrogens with zero attached hydrogens (tertiary/aromatic N) is 3. The van der Waals surface area contributed by atoms with Crippen molar-refractivity contribution in [2.75, 3.05) is 26.8 Å². The Morgan fingerprint density at radius 2 is 1.79 bits per heavy atom. The Labute approximate surface area is 278 Å². The number of methoxy groups -OCH3 is 1. The highest BCUT2D eigenvalue weighted by molar-refractivity contribution is 5.94. The Kier molecular flexibility index (Phi) is 9.60. The Bertz CT molecular complexity index is 1820. The van der Waals surface area contributed by atoms with E-state index in [0.717, 1.165) is 22.6 Å². The van der Waals surface area contributed by atoms with E-state index in [1.54, 1.807) is 35.2 Å². The zero-order chi connectivity index (χ0) is 33.8. The predicted molar refractivity (Wildman–Crippen MR) is 175 cm³/mol. The highest BCUT2D eigenvalue weighted by Gasteiger charge is 2.35. The lowest BCUT2D eigenvalue weighted by atomic mass is 10.00. The standard InChI is InChI=1S/C36H38FN5O6/c1-22-14-23(2)42(40-22)28-8-6-26(7-9-28)36(45)41-13-12-31-30(20-41)39-35(44)21-47-33-17-24(4-10-32(33)46-3)5-11-34(43)38-19-25-15-27(37)18-29(16-25)48-31/h4,6-10,14-18,30-31H,5,11-13,19-21H2,1-3H3,(H,38,43)(H,39,44)/t30-,31-/m1/s1. The lowest BCUT2D eigenvalue weighted by Crippen LogP contribution is -2.58. The minimum absolute atomic E-state index is 0.120. The SMILES string of the molecule is COc1ccc2cc1OCC(=O)N[C@@H]1CN(C(=O)c3ccc(-n4nc(C)cc4C)cc3)CC[C@H]1Oc1cc(F)cc(c1)CNC(=O)CC2. The lowest BCUT2D eigenvalue weighted by Gasteiger charge is -2.39. The topological polar surface area (TPSA) is 124 Å². The van der Waals surface area contributed by atoms with E-state index in [2.05, 4.69) is 15.7 Å². The molecule has 4 aromatic rings. The van der Waals surface area contributed by atoms with Gasteiger partial charge in [-0.05, 0) is 86.0 Å². The molecule has 3 heterocycles. The monoisotopic (exact) mass is 655 g/mol. The number of hydrogen-bond acceptors (Lipinski definition) is 7. The third-order valence-corrected chi connectivity index (χ3v) is 8.49. The third-order valence-electron chi connectivity index (χ3n) is 8.49. The molecule has 0 saturated carbocycles. The van der Waals surface area contributed by atoms with E-state index in [0.29, 0.717) is 42.0 Å². The van der Waals surface area contributed by atoms with Gasteiger partial charge in [0.25, 0.3) is 11.8 Å². The first-order valence-corrected chi connectivity index (χ1v) is 15.9. The number of halogens is 1. The molecule has 3 amide bonds. The van der Waals surface area contributed by atoms with E-state index in [4.69, 9.17) is 14.2 Å². The molecule has 250 valence electrons. The molecule has 2 atom stereocenters. The highest BCUT2D eigenvalue weighted by Crippen LogP contribution is 2.29. The van der Waals surface area contributed by atoms with Crippen molar-refractivity contribution in [1.29, 1.82) is 0 Å². The van der Waals surface area contributed by atoms with E-state index >= 15 is 0 Å². The van der Waals surface area contributed by atoms with E-state index in [-0.39, 0.29) is 43.7 Å². The molecule has 12 heteroatoms. The number of hydrogen-bond donors (Lipinski definition) is 2. The summed E-state index contributed by atoms with van der Waals surface area (Å²) in [6, 6.07) is 18.2. The number of benzene rings is 3. The highest BCUT2D eigenvalue weighted by atomic mass is 19.1. The van der Waals surface area contributed by atoms with Gasteiger partial charge in [-0.2, -0.15) is 5.10 Å². The summed E-state index contributed by atoms with van der Waals surface area (Å²) in [5, 5.41) is 10.3. The van der Waals surface area contributed by atoms with Crippen molar-refractivity contribution in [3.63, 3.8) is 0 Å². The fourth-order valence-electron chi connectivity index (χ4n) is 6.11. The summed E-state index contributed by atoms with van der Waals surface area (Å²) in [6.45, 7) is 4.21. The summed E-state index contributed by atoms with van der Waals surface area (Å²) in [7, 11) is 1.51. The van der Waals surface area contributed by atoms with Crippen molar-refractivity contribution in [3.8, 4) is 22.9 Å². The van der Waals surface area contributed by atoms with Crippen molar-refractivity contribution in [3.05, 3.63) is 101 Å². The average Bonchev–Trinajstić information content (AvgIpc) is 3.42. The Morgan fingerprint density at radius 3 is 2.54 bits per heavy atom. The number of piperidine rings is 1. The van der Waals surface area contributed by atoms with Crippen molar-refractivity contribution in [2.45, 2.75) is 51.8 Å². The summed E-state index contributed by atoms with van der Waals surface area (Å²) in [5.41, 5.74) is 4.60. The average molecular weight is 656 g/mol. The molecule has 0 radical (unpaired) electrons. The van der Waals surface area contributed by atoms with Crippen LogP contribution in [-0.4, -0.2) is 71.4 Å². The molecule has 3 aromatic carbocycles. The van der Waals surface area contributed by atoms with Crippen LogP contribution in [0.4, 0.5) is 4.39 Å². The molecule has 0 spiro atoms. The van der Waals surface area contributed by atoms with Crippen LogP contribution >= 0.6 is 0 Å². The number of carbonyl (C=O) groups is 3. The predicted octanol–water partition coefficient (Wildman–Crippen LogP) is 4.06. The van der Waals surface area contributed by atoms with Gasteiger partial charge in [0.1, 0.15) is 17.7 Å². The van der Waals surface area contributed by atoms with Gasteiger partial charge in [-0.15, -0.1) is 0 Å². The van der Waals surface area contributed by atoms with Crippen molar-refractivity contribution < 1.29 is 33.0 Å². The minimum Gasteiger partial charge on any atom is -0.493 e. The van der Waals surface area contributed by atoms with Gasteiger partial charge in [-0.25, -0.2) is 9.07 Å². The first-order chi connectivity index (χ1) is 23.1. The minimum atomic E-state index is -0.633. The second-order valence-corrected chi connectivity index (χ2v) is 12.1. The van der Waals surface area contributed by atoms with Crippen LogP contribution in [0.5, 0.6) is 17.2 Å². The van der Waals surface area contributed by atoms with E-state index in [1.165, 1.54) is 19.2 Å². The van der Waals surface area contributed by atoms with Gasteiger partial charge in [0.2, 0.25) is 5.91 Å². The zero-order valence-electron chi connectivity index (χ0n) is 27.1. The normalized spacial score (nSPS) is 18.6. The summed E-state index contributed by atoms with van der Waals surface area (Å²) >= 11 is 0. The van der Waals surface area contributed by atoms with Gasteiger partial charge in [0, 0.05) is 49.8 Å². The van der Waals surface area contributed by atoms with Gasteiger partial charge < -0.3 is 29.7 Å². The fraction of sp³-hybridized carbons (Fsp3) is 0.333. The van der Waals surface area contributed by atoms with Crippen molar-refractivity contribution in [1.82, 2.24) is 25.3 Å². The van der Waals surface area contributed by atoms with Crippen LogP contribution in [0.25, 0.3) is 5.69 Å². The molecule has 11 nitrogen and oxygen atoms in total. The number of likely N-dealkylation sites (tertiary alicyclic amines) is 1. The molecule has 2 N–H and O–H groups in total.